The maximum Gasteiger partial charge on any atom is 0.253 e. The molecular weight excluding hydrogens is 659 g/mol. The van der Waals surface area contributed by atoms with Crippen LogP contribution >= 0.6 is 50.7 Å². The minimum Gasteiger partial charge on any atom is -0.504 e. The Hall–Kier alpha value is -2.59. The second-order valence-corrected chi connectivity index (χ2v) is 13.6. The number of alkyl halides is 2. The van der Waals surface area contributed by atoms with E-state index in [-0.39, 0.29) is 35.8 Å². The fourth-order valence-electron chi connectivity index (χ4n) is 7.03. The third-order valence-corrected chi connectivity index (χ3v) is 11.3. The second kappa shape index (κ2) is 9.46. The summed E-state index contributed by atoms with van der Waals surface area (Å²) in [7, 11) is 2.69. The molecule has 6 unspecified atom stereocenters. The molecule has 41 heavy (non-hydrogen) atoms. The SMILES string of the molecule is COc1cc(Br)cc(C2C3=CCC4C(=O)N(c5ccc(C)c(Cl)c5)C(=O)C4C3CC3(Cl)C(=O)N(C)C(=O)C23Cl)c1O. The van der Waals surface area contributed by atoms with Gasteiger partial charge in [-0.2, -0.15) is 0 Å². The maximum absolute atomic E-state index is 14.1. The molecule has 4 amide bonds. The normalized spacial score (nSPS) is 32.6. The van der Waals surface area contributed by atoms with Gasteiger partial charge in [-0.1, -0.05) is 45.2 Å². The topological polar surface area (TPSA) is 104 Å². The van der Waals surface area contributed by atoms with Crippen molar-refractivity contribution in [3.8, 4) is 11.5 Å². The summed E-state index contributed by atoms with van der Waals surface area (Å²) in [6.45, 7) is 1.82. The largest absolute Gasteiger partial charge is 0.504 e. The van der Waals surface area contributed by atoms with Crippen LogP contribution in [-0.4, -0.2) is 57.5 Å². The molecule has 3 fully saturated rings. The third kappa shape index (κ3) is 3.65. The van der Waals surface area contributed by atoms with Crippen LogP contribution in [0.25, 0.3) is 0 Å². The van der Waals surface area contributed by atoms with E-state index >= 15 is 0 Å². The molecule has 0 aromatic heterocycles. The molecule has 2 aliphatic carbocycles. The van der Waals surface area contributed by atoms with E-state index in [2.05, 4.69) is 15.9 Å². The molecule has 8 nitrogen and oxygen atoms in total. The number of halogens is 4. The molecule has 1 saturated carbocycles. The van der Waals surface area contributed by atoms with Crippen molar-refractivity contribution in [3.05, 3.63) is 62.6 Å². The highest BCUT2D eigenvalue weighted by Crippen LogP contribution is 2.66. The van der Waals surface area contributed by atoms with Gasteiger partial charge < -0.3 is 9.84 Å². The lowest BCUT2D eigenvalue weighted by atomic mass is 9.56. The first kappa shape index (κ1) is 28.5. The molecule has 0 radical (unpaired) electrons. The highest BCUT2D eigenvalue weighted by atomic mass is 79.9. The van der Waals surface area contributed by atoms with Crippen LogP contribution in [0.4, 0.5) is 5.69 Å². The fourth-order valence-corrected chi connectivity index (χ4v) is 8.68. The van der Waals surface area contributed by atoms with Crippen LogP contribution in [0.15, 0.2) is 46.5 Å². The zero-order valence-corrected chi connectivity index (χ0v) is 25.9. The number of likely N-dealkylation sites (tertiary alicyclic amines) is 1. The number of fused-ring (bicyclic) bond motifs is 4. The lowest BCUT2D eigenvalue weighted by Gasteiger charge is -2.50. The van der Waals surface area contributed by atoms with Gasteiger partial charge in [0.25, 0.3) is 11.8 Å². The van der Waals surface area contributed by atoms with Gasteiger partial charge >= 0.3 is 0 Å². The van der Waals surface area contributed by atoms with E-state index in [1.807, 2.05) is 6.92 Å². The number of anilines is 1. The number of carbonyl (C=O) groups excluding carboxylic acids is 4. The van der Waals surface area contributed by atoms with Gasteiger partial charge in [0.2, 0.25) is 11.8 Å². The predicted molar refractivity (Wildman–Crippen MR) is 157 cm³/mol. The van der Waals surface area contributed by atoms with E-state index in [0.717, 1.165) is 15.4 Å². The smallest absolute Gasteiger partial charge is 0.253 e. The molecule has 2 aliphatic heterocycles. The number of imide groups is 2. The van der Waals surface area contributed by atoms with Gasteiger partial charge in [0.05, 0.1) is 24.6 Å². The van der Waals surface area contributed by atoms with Crippen LogP contribution < -0.4 is 9.64 Å². The zero-order valence-electron chi connectivity index (χ0n) is 22.1. The summed E-state index contributed by atoms with van der Waals surface area (Å²) in [4.78, 5) is 53.1. The average Bonchev–Trinajstić information content (AvgIpc) is 3.26. The van der Waals surface area contributed by atoms with Gasteiger partial charge in [-0.25, -0.2) is 4.90 Å². The molecule has 2 aromatic rings. The Morgan fingerprint density at radius 3 is 2.41 bits per heavy atom. The Morgan fingerprint density at radius 1 is 1.05 bits per heavy atom. The lowest BCUT2D eigenvalue weighted by Crippen LogP contribution is -2.60. The van der Waals surface area contributed by atoms with Crippen LogP contribution in [0.5, 0.6) is 11.5 Å². The number of carbonyl (C=O) groups is 4. The number of allylic oxidation sites excluding steroid dienone is 2. The molecular formula is C29H24BrCl3N2O6. The summed E-state index contributed by atoms with van der Waals surface area (Å²) in [6.07, 6.45) is 1.85. The highest BCUT2D eigenvalue weighted by molar-refractivity contribution is 9.10. The number of aryl methyl sites for hydroxylation is 1. The number of phenols is 1. The first-order chi connectivity index (χ1) is 19.3. The van der Waals surface area contributed by atoms with Crippen LogP contribution in [-0.2, 0) is 19.2 Å². The first-order valence-electron chi connectivity index (χ1n) is 12.9. The van der Waals surface area contributed by atoms with Gasteiger partial charge in [-0.05, 0) is 55.5 Å². The summed E-state index contributed by atoms with van der Waals surface area (Å²) in [5.41, 5.74) is 1.93. The van der Waals surface area contributed by atoms with E-state index in [1.165, 1.54) is 14.2 Å². The minimum atomic E-state index is -2.02. The number of amides is 4. The Balaban J connectivity index is 1.54. The number of hydrogen-bond acceptors (Lipinski definition) is 6. The van der Waals surface area contributed by atoms with E-state index in [1.54, 1.807) is 36.4 Å². The molecule has 1 N–H and O–H groups in total. The number of hydrogen-bond donors (Lipinski definition) is 1. The molecule has 6 rings (SSSR count). The van der Waals surface area contributed by atoms with Crippen molar-refractivity contribution in [1.29, 1.82) is 0 Å². The number of nitrogens with zero attached hydrogens (tertiary/aromatic N) is 2. The first-order valence-corrected chi connectivity index (χ1v) is 14.8. The molecule has 2 aromatic carbocycles. The minimum absolute atomic E-state index is 0.117. The fraction of sp³-hybridized carbons (Fsp3) is 0.379. The van der Waals surface area contributed by atoms with Gasteiger partial charge in [0, 0.05) is 28.0 Å². The van der Waals surface area contributed by atoms with E-state index in [9.17, 15) is 24.3 Å². The second-order valence-electron chi connectivity index (χ2n) is 11.0. The molecule has 0 bridgehead atoms. The number of benzene rings is 2. The van der Waals surface area contributed by atoms with Gasteiger partial charge in [0.1, 0.15) is 0 Å². The van der Waals surface area contributed by atoms with Crippen molar-refractivity contribution < 1.29 is 29.0 Å². The van der Waals surface area contributed by atoms with Crippen molar-refractivity contribution >= 4 is 80.0 Å². The van der Waals surface area contributed by atoms with Crippen LogP contribution in [0, 0.1) is 24.7 Å². The van der Waals surface area contributed by atoms with E-state index in [0.29, 0.717) is 20.8 Å². The van der Waals surface area contributed by atoms with Crippen molar-refractivity contribution in [2.45, 2.75) is 35.4 Å². The average molecular weight is 683 g/mol. The zero-order chi connectivity index (χ0) is 29.8. The quantitative estimate of drug-likeness (QED) is 0.267. The predicted octanol–water partition coefficient (Wildman–Crippen LogP) is 5.32. The Kier molecular flexibility index (Phi) is 6.58. The Labute approximate surface area is 259 Å². The van der Waals surface area contributed by atoms with E-state index < -0.39 is 51.1 Å². The number of aromatic hydroxyl groups is 1. The standard InChI is InChI=1S/C29H24BrCl3N2O6/c1-12-4-5-14(10-19(12)31)35-24(37)16-7-6-15-18(21(16)25(35)38)11-28(32)26(39)34(2)27(40)29(28,33)22(15)17-8-13(30)9-20(41-3)23(17)36/h4-6,8-10,16,18,21-22,36H,7,11H2,1-3H3. The van der Waals surface area contributed by atoms with Crippen LogP contribution in [0.3, 0.4) is 0 Å². The van der Waals surface area contributed by atoms with E-state index in [4.69, 9.17) is 39.5 Å². The van der Waals surface area contributed by atoms with Crippen molar-refractivity contribution in [2.24, 2.45) is 17.8 Å². The molecule has 6 atom stereocenters. The molecule has 4 aliphatic rings. The van der Waals surface area contributed by atoms with Crippen molar-refractivity contribution in [1.82, 2.24) is 4.90 Å². The lowest BCUT2D eigenvalue weighted by molar-refractivity contribution is -0.138. The summed E-state index contributed by atoms with van der Waals surface area (Å²) in [5, 5.41) is 11.7. The molecule has 2 heterocycles. The van der Waals surface area contributed by atoms with Crippen molar-refractivity contribution in [3.63, 3.8) is 0 Å². The highest BCUT2D eigenvalue weighted by Gasteiger charge is 2.76. The Morgan fingerprint density at radius 2 is 1.76 bits per heavy atom. The number of phenolic OH excluding ortho intramolecular Hbond substituents is 1. The summed E-state index contributed by atoms with van der Waals surface area (Å²) < 4.78 is 5.89. The molecule has 214 valence electrons. The van der Waals surface area contributed by atoms with Gasteiger partial charge in [0.15, 0.2) is 21.2 Å². The number of methoxy groups -OCH3 is 1. The van der Waals surface area contributed by atoms with Gasteiger partial charge in [-0.3, -0.25) is 24.1 Å². The maximum atomic E-state index is 14.1. The van der Waals surface area contributed by atoms with Crippen LogP contribution in [0.1, 0.15) is 29.9 Å². The number of rotatable bonds is 3. The summed E-state index contributed by atoms with van der Waals surface area (Å²) in [6, 6.07) is 8.13. The molecule has 12 heteroatoms. The van der Waals surface area contributed by atoms with Crippen molar-refractivity contribution in [2.75, 3.05) is 19.1 Å². The number of ether oxygens (including phenoxy) is 1. The third-order valence-electron chi connectivity index (χ3n) is 9.03. The summed E-state index contributed by atoms with van der Waals surface area (Å²) >= 11 is 24.1. The Bertz CT molecular complexity index is 1610. The molecule has 2 saturated heterocycles. The van der Waals surface area contributed by atoms with Gasteiger partial charge in [-0.15, -0.1) is 23.2 Å². The summed E-state index contributed by atoms with van der Waals surface area (Å²) in [5.74, 6) is -5.82. The monoisotopic (exact) mass is 680 g/mol. The van der Waals surface area contributed by atoms with Crippen LogP contribution in [0.2, 0.25) is 5.02 Å². The molecule has 0 spiro atoms.